The van der Waals surface area contributed by atoms with Gasteiger partial charge in [0, 0.05) is 12.3 Å². The second-order valence-corrected chi connectivity index (χ2v) is 6.43. The van der Waals surface area contributed by atoms with E-state index >= 15 is 0 Å². The number of nitrogens with one attached hydrogen (secondary N) is 1. The van der Waals surface area contributed by atoms with Crippen LogP contribution in [0.25, 0.3) is 12.2 Å². The molecular formula is C20H17FN2OS. The molecule has 1 amide bonds. The van der Waals surface area contributed by atoms with Crippen LogP contribution in [0.2, 0.25) is 0 Å². The van der Waals surface area contributed by atoms with Crippen LogP contribution in [-0.4, -0.2) is 10.9 Å². The second kappa shape index (κ2) is 7.85. The number of rotatable bonds is 5. The smallest absolute Gasteiger partial charge is 0.217 e. The maximum atomic E-state index is 13.6. The average molecular weight is 352 g/mol. The molecule has 3 rings (SSSR count). The van der Waals surface area contributed by atoms with Crippen LogP contribution in [0, 0.1) is 5.82 Å². The Morgan fingerprint density at radius 1 is 1.16 bits per heavy atom. The molecule has 3 nitrogen and oxygen atoms in total. The molecule has 1 heterocycles. The van der Waals surface area contributed by atoms with Crippen molar-refractivity contribution in [3.05, 3.63) is 87.6 Å². The summed E-state index contributed by atoms with van der Waals surface area (Å²) in [5.74, 6) is -0.528. The Balaban J connectivity index is 1.86. The number of carbonyl (C=O) groups is 1. The third kappa shape index (κ3) is 4.61. The molecule has 126 valence electrons. The Morgan fingerprint density at radius 3 is 2.68 bits per heavy atom. The maximum Gasteiger partial charge on any atom is 0.217 e. The van der Waals surface area contributed by atoms with Crippen LogP contribution in [0.4, 0.5) is 4.39 Å². The van der Waals surface area contributed by atoms with Crippen LogP contribution in [0.15, 0.2) is 60.0 Å². The number of hydrogen-bond acceptors (Lipinski definition) is 3. The monoisotopic (exact) mass is 352 g/mol. The summed E-state index contributed by atoms with van der Waals surface area (Å²) < 4.78 is 13.6. The van der Waals surface area contributed by atoms with Crippen LogP contribution >= 0.6 is 11.3 Å². The van der Waals surface area contributed by atoms with E-state index in [1.165, 1.54) is 30.4 Å². The molecule has 0 spiro atoms. The van der Waals surface area contributed by atoms with Crippen molar-refractivity contribution in [1.29, 1.82) is 0 Å². The van der Waals surface area contributed by atoms with E-state index in [0.29, 0.717) is 10.6 Å². The van der Waals surface area contributed by atoms with Crippen molar-refractivity contribution in [2.75, 3.05) is 0 Å². The summed E-state index contributed by atoms with van der Waals surface area (Å²) in [6, 6.07) is 15.7. The summed E-state index contributed by atoms with van der Waals surface area (Å²) >= 11 is 1.44. The first-order valence-corrected chi connectivity index (χ1v) is 8.71. The van der Waals surface area contributed by atoms with E-state index in [0.717, 1.165) is 11.3 Å². The average Bonchev–Trinajstić information content (AvgIpc) is 3.07. The Hall–Kier alpha value is -2.79. The van der Waals surface area contributed by atoms with Crippen molar-refractivity contribution in [2.45, 2.75) is 13.0 Å². The molecule has 1 N–H and O–H groups in total. The summed E-state index contributed by atoms with van der Waals surface area (Å²) in [5, 5.41) is 5.48. The van der Waals surface area contributed by atoms with E-state index in [-0.39, 0.29) is 11.7 Å². The highest BCUT2D eigenvalue weighted by molar-refractivity contribution is 7.09. The highest BCUT2D eigenvalue weighted by atomic mass is 32.1. The van der Waals surface area contributed by atoms with Crippen LogP contribution < -0.4 is 5.32 Å². The molecule has 0 aliphatic rings. The molecule has 1 atom stereocenters. The Labute approximate surface area is 149 Å². The van der Waals surface area contributed by atoms with Gasteiger partial charge in [0.1, 0.15) is 16.9 Å². The minimum Gasteiger partial charge on any atom is -0.343 e. The summed E-state index contributed by atoms with van der Waals surface area (Å²) in [6.45, 7) is 1.44. The first kappa shape index (κ1) is 17.0. The lowest BCUT2D eigenvalue weighted by atomic mass is 10.1. The highest BCUT2D eigenvalue weighted by Gasteiger charge is 2.19. The zero-order valence-corrected chi connectivity index (χ0v) is 14.5. The Bertz CT molecular complexity index is 889. The van der Waals surface area contributed by atoms with Crippen molar-refractivity contribution in [3.63, 3.8) is 0 Å². The number of aromatic nitrogens is 1. The van der Waals surface area contributed by atoms with E-state index in [1.807, 2.05) is 47.9 Å². The lowest BCUT2D eigenvalue weighted by molar-refractivity contribution is -0.119. The van der Waals surface area contributed by atoms with Crippen LogP contribution in [0.3, 0.4) is 0 Å². The fourth-order valence-electron chi connectivity index (χ4n) is 2.43. The zero-order chi connectivity index (χ0) is 17.6. The molecule has 3 aromatic rings. The van der Waals surface area contributed by atoms with Crippen molar-refractivity contribution in [1.82, 2.24) is 10.3 Å². The van der Waals surface area contributed by atoms with Gasteiger partial charge in [-0.3, -0.25) is 4.79 Å². The molecule has 0 aliphatic heterocycles. The number of carbonyl (C=O) groups excluding carboxylic acids is 1. The van der Waals surface area contributed by atoms with Crippen LogP contribution in [-0.2, 0) is 4.79 Å². The van der Waals surface area contributed by atoms with Gasteiger partial charge in [-0.25, -0.2) is 9.37 Å². The lowest BCUT2D eigenvalue weighted by Gasteiger charge is -2.15. The van der Waals surface area contributed by atoms with Gasteiger partial charge < -0.3 is 5.32 Å². The number of halogens is 1. The van der Waals surface area contributed by atoms with Gasteiger partial charge in [0.15, 0.2) is 0 Å². The number of benzene rings is 2. The highest BCUT2D eigenvalue weighted by Crippen LogP contribution is 2.26. The number of thiazole rings is 1. The molecule has 0 radical (unpaired) electrons. The molecule has 5 heteroatoms. The van der Waals surface area contributed by atoms with Gasteiger partial charge in [-0.1, -0.05) is 48.5 Å². The third-order valence-electron chi connectivity index (χ3n) is 3.56. The van der Waals surface area contributed by atoms with E-state index in [4.69, 9.17) is 0 Å². The van der Waals surface area contributed by atoms with Crippen molar-refractivity contribution >= 4 is 29.4 Å². The van der Waals surface area contributed by atoms with Gasteiger partial charge in [0.05, 0.1) is 5.69 Å². The van der Waals surface area contributed by atoms with Crippen LogP contribution in [0.5, 0.6) is 0 Å². The first-order valence-electron chi connectivity index (χ1n) is 7.83. The summed E-state index contributed by atoms with van der Waals surface area (Å²) in [7, 11) is 0. The molecule has 25 heavy (non-hydrogen) atoms. The number of nitrogens with zero attached hydrogens (tertiary/aromatic N) is 1. The minimum atomic E-state index is -0.461. The molecule has 0 fully saturated rings. The molecule has 0 saturated heterocycles. The fraction of sp³-hybridized carbons (Fsp3) is 0.100. The Morgan fingerprint density at radius 2 is 1.96 bits per heavy atom. The SMILES string of the molecule is CC(=O)NC(c1cccc(F)c1)c1nc(/C=C/c2ccccc2)cs1. The van der Waals surface area contributed by atoms with Crippen molar-refractivity contribution < 1.29 is 9.18 Å². The van der Waals surface area contributed by atoms with E-state index in [2.05, 4.69) is 10.3 Å². The predicted octanol–water partition coefficient (Wildman–Crippen LogP) is 4.68. The summed E-state index contributed by atoms with van der Waals surface area (Å²) in [6.07, 6.45) is 3.90. The predicted molar refractivity (Wildman–Crippen MR) is 99.5 cm³/mol. The molecule has 0 bridgehead atoms. The topological polar surface area (TPSA) is 42.0 Å². The molecule has 0 saturated carbocycles. The second-order valence-electron chi connectivity index (χ2n) is 5.54. The van der Waals surface area contributed by atoms with Gasteiger partial charge in [-0.2, -0.15) is 0 Å². The quantitative estimate of drug-likeness (QED) is 0.724. The summed E-state index contributed by atoms with van der Waals surface area (Å²) in [5.41, 5.74) is 2.55. The summed E-state index contributed by atoms with van der Waals surface area (Å²) in [4.78, 5) is 16.1. The van der Waals surface area contributed by atoms with E-state index < -0.39 is 6.04 Å². The van der Waals surface area contributed by atoms with Crippen LogP contribution in [0.1, 0.15) is 34.8 Å². The molecule has 1 aromatic heterocycles. The lowest BCUT2D eigenvalue weighted by Crippen LogP contribution is -2.26. The minimum absolute atomic E-state index is 0.189. The third-order valence-corrected chi connectivity index (χ3v) is 4.49. The standard InChI is InChI=1S/C20H17FN2OS/c1-14(24)22-19(16-8-5-9-17(21)12-16)20-23-18(13-25-20)11-10-15-6-3-2-4-7-15/h2-13,19H,1H3,(H,22,24)/b11-10+. The Kier molecular flexibility index (Phi) is 5.36. The van der Waals surface area contributed by atoms with Gasteiger partial charge in [-0.15, -0.1) is 11.3 Å². The molecule has 1 unspecified atom stereocenters. The molecular weight excluding hydrogens is 335 g/mol. The maximum absolute atomic E-state index is 13.6. The fourth-order valence-corrected chi connectivity index (χ4v) is 3.29. The normalized spacial score (nSPS) is 12.2. The van der Waals surface area contributed by atoms with Gasteiger partial charge in [0.25, 0.3) is 0 Å². The first-order chi connectivity index (χ1) is 12.1. The van der Waals surface area contributed by atoms with Crippen molar-refractivity contribution in [2.24, 2.45) is 0 Å². The number of hydrogen-bond donors (Lipinski definition) is 1. The van der Waals surface area contributed by atoms with E-state index in [9.17, 15) is 9.18 Å². The van der Waals surface area contributed by atoms with E-state index in [1.54, 1.807) is 12.1 Å². The number of amides is 1. The van der Waals surface area contributed by atoms with Gasteiger partial charge >= 0.3 is 0 Å². The van der Waals surface area contributed by atoms with Gasteiger partial charge in [-0.05, 0) is 29.3 Å². The zero-order valence-electron chi connectivity index (χ0n) is 13.6. The van der Waals surface area contributed by atoms with Gasteiger partial charge in [0.2, 0.25) is 5.91 Å². The molecule has 0 aliphatic carbocycles. The largest absolute Gasteiger partial charge is 0.343 e. The van der Waals surface area contributed by atoms with Crippen molar-refractivity contribution in [3.8, 4) is 0 Å². The molecule has 2 aromatic carbocycles.